The number of benzene rings is 3. The summed E-state index contributed by atoms with van der Waals surface area (Å²) in [5.41, 5.74) is 2.56. The number of amides is 1. The number of fused-ring (bicyclic) bond motifs is 2. The van der Waals surface area contributed by atoms with E-state index in [-0.39, 0.29) is 17.1 Å². The Morgan fingerprint density at radius 2 is 1.71 bits per heavy atom. The monoisotopic (exact) mass is 468 g/mol. The average Bonchev–Trinajstić information content (AvgIpc) is 3.15. The van der Waals surface area contributed by atoms with Crippen molar-refractivity contribution >= 4 is 16.9 Å². The second-order valence-electron chi connectivity index (χ2n) is 9.07. The molecule has 0 bridgehead atoms. The Morgan fingerprint density at radius 3 is 2.51 bits per heavy atom. The van der Waals surface area contributed by atoms with Crippen LogP contribution in [0.3, 0.4) is 0 Å². The molecule has 0 N–H and O–H groups in total. The maximum absolute atomic E-state index is 13.6. The van der Waals surface area contributed by atoms with Crippen molar-refractivity contribution in [2.24, 2.45) is 0 Å². The quantitative estimate of drug-likeness (QED) is 0.369. The number of carbonyl (C=O) groups excluding carboxylic acids is 1. The molecule has 1 unspecified atom stereocenters. The van der Waals surface area contributed by atoms with Crippen LogP contribution in [-0.4, -0.2) is 42.9 Å². The number of hydrogen-bond acceptors (Lipinski definition) is 5. The van der Waals surface area contributed by atoms with Crippen LogP contribution in [0.1, 0.15) is 39.7 Å². The van der Waals surface area contributed by atoms with Crippen LogP contribution in [0.4, 0.5) is 0 Å². The summed E-state index contributed by atoms with van der Waals surface area (Å²) in [6.07, 6.45) is 0.779. The molecule has 1 amide bonds. The molecule has 1 atom stereocenters. The van der Waals surface area contributed by atoms with Gasteiger partial charge in [0.1, 0.15) is 17.9 Å². The van der Waals surface area contributed by atoms with Crippen LogP contribution in [0, 0.1) is 0 Å². The topological polar surface area (TPSA) is 63.0 Å². The Hall–Kier alpha value is -3.90. The summed E-state index contributed by atoms with van der Waals surface area (Å²) in [5, 5.41) is 0.482. The summed E-state index contributed by atoms with van der Waals surface area (Å²) in [7, 11) is 4.01. The molecule has 0 aliphatic carbocycles. The van der Waals surface area contributed by atoms with Gasteiger partial charge in [0, 0.05) is 6.54 Å². The largest absolute Gasteiger partial charge is 0.489 e. The summed E-state index contributed by atoms with van der Waals surface area (Å²) < 4.78 is 12.1. The second-order valence-corrected chi connectivity index (χ2v) is 9.07. The van der Waals surface area contributed by atoms with E-state index in [0.717, 1.165) is 24.1 Å². The summed E-state index contributed by atoms with van der Waals surface area (Å²) >= 11 is 0. The zero-order valence-corrected chi connectivity index (χ0v) is 19.9. The van der Waals surface area contributed by atoms with Crippen LogP contribution in [-0.2, 0) is 6.61 Å². The fourth-order valence-corrected chi connectivity index (χ4v) is 4.62. The lowest BCUT2D eigenvalue weighted by atomic mass is 9.98. The van der Waals surface area contributed by atoms with E-state index in [9.17, 15) is 9.59 Å². The molecule has 0 saturated carbocycles. The van der Waals surface area contributed by atoms with Crippen molar-refractivity contribution in [3.8, 4) is 5.75 Å². The van der Waals surface area contributed by atoms with E-state index >= 15 is 0 Å². The minimum Gasteiger partial charge on any atom is -0.489 e. The summed E-state index contributed by atoms with van der Waals surface area (Å²) in [6, 6.07) is 24.2. The molecule has 0 radical (unpaired) electrons. The van der Waals surface area contributed by atoms with Gasteiger partial charge in [0.15, 0.2) is 5.43 Å². The molecule has 0 fully saturated rings. The molecule has 4 aromatic rings. The number of hydrogen-bond donors (Lipinski definition) is 0. The Morgan fingerprint density at radius 1 is 0.943 bits per heavy atom. The minimum atomic E-state index is -0.527. The SMILES string of the molecule is CN(C)CCCN1C(=O)c2oc3ccccc3c(=O)c2C1c1cccc(OCc2ccccc2)c1. The number of carbonyl (C=O) groups is 1. The Bertz CT molecular complexity index is 1410. The third-order valence-corrected chi connectivity index (χ3v) is 6.30. The van der Waals surface area contributed by atoms with Gasteiger partial charge >= 0.3 is 0 Å². The van der Waals surface area contributed by atoms with Crippen molar-refractivity contribution in [3.05, 3.63) is 112 Å². The molecule has 2 heterocycles. The fraction of sp³-hybridized carbons (Fsp3) is 0.241. The fourth-order valence-electron chi connectivity index (χ4n) is 4.62. The standard InChI is InChI=1S/C29H28N2O4/c1-30(2)16-9-17-31-26(21-12-8-13-22(18-21)34-19-20-10-4-3-5-11-20)25-27(32)23-14-6-7-15-24(23)35-28(25)29(31)33/h3-8,10-15,18,26H,9,16-17,19H2,1-2H3. The van der Waals surface area contributed by atoms with Crippen molar-refractivity contribution in [1.29, 1.82) is 0 Å². The predicted molar refractivity (Wildman–Crippen MR) is 136 cm³/mol. The molecule has 6 nitrogen and oxygen atoms in total. The predicted octanol–water partition coefficient (Wildman–Crippen LogP) is 4.87. The lowest BCUT2D eigenvalue weighted by Crippen LogP contribution is -2.32. The molecule has 3 aromatic carbocycles. The van der Waals surface area contributed by atoms with Crippen molar-refractivity contribution in [2.75, 3.05) is 27.2 Å². The first-order valence-electron chi connectivity index (χ1n) is 11.8. The highest BCUT2D eigenvalue weighted by molar-refractivity contribution is 5.99. The molecular formula is C29H28N2O4. The number of rotatable bonds is 8. The lowest BCUT2D eigenvalue weighted by Gasteiger charge is -2.26. The van der Waals surface area contributed by atoms with E-state index in [4.69, 9.17) is 9.15 Å². The molecule has 5 rings (SSSR count). The van der Waals surface area contributed by atoms with Crippen molar-refractivity contribution in [1.82, 2.24) is 9.80 Å². The highest BCUT2D eigenvalue weighted by atomic mass is 16.5. The Kier molecular flexibility index (Phi) is 6.38. The van der Waals surface area contributed by atoms with E-state index in [1.165, 1.54) is 0 Å². The van der Waals surface area contributed by atoms with E-state index in [0.29, 0.717) is 35.4 Å². The molecule has 178 valence electrons. The number of ether oxygens (including phenoxy) is 1. The van der Waals surface area contributed by atoms with E-state index in [1.54, 1.807) is 23.1 Å². The number of nitrogens with zero attached hydrogens (tertiary/aromatic N) is 2. The smallest absolute Gasteiger partial charge is 0.290 e. The van der Waals surface area contributed by atoms with Gasteiger partial charge in [0.2, 0.25) is 5.76 Å². The molecule has 35 heavy (non-hydrogen) atoms. The van der Waals surface area contributed by atoms with Crippen molar-refractivity contribution in [2.45, 2.75) is 19.1 Å². The van der Waals surface area contributed by atoms with Crippen LogP contribution in [0.15, 0.2) is 88.1 Å². The average molecular weight is 469 g/mol. The lowest BCUT2D eigenvalue weighted by molar-refractivity contribution is 0.0722. The van der Waals surface area contributed by atoms with Gasteiger partial charge in [-0.25, -0.2) is 0 Å². The van der Waals surface area contributed by atoms with Gasteiger partial charge < -0.3 is 19.0 Å². The van der Waals surface area contributed by atoms with Gasteiger partial charge in [-0.05, 0) is 62.5 Å². The maximum Gasteiger partial charge on any atom is 0.290 e. The van der Waals surface area contributed by atoms with Gasteiger partial charge in [-0.1, -0.05) is 54.6 Å². The van der Waals surface area contributed by atoms with Crippen LogP contribution in [0.25, 0.3) is 11.0 Å². The van der Waals surface area contributed by atoms with Crippen molar-refractivity contribution < 1.29 is 13.9 Å². The van der Waals surface area contributed by atoms with Crippen LogP contribution < -0.4 is 10.2 Å². The zero-order chi connectivity index (χ0) is 24.4. The zero-order valence-electron chi connectivity index (χ0n) is 19.9. The molecule has 0 saturated heterocycles. The summed E-state index contributed by atoms with van der Waals surface area (Å²) in [4.78, 5) is 30.9. The normalized spacial score (nSPS) is 15.1. The molecule has 1 aromatic heterocycles. The van der Waals surface area contributed by atoms with E-state index < -0.39 is 6.04 Å². The third-order valence-electron chi connectivity index (χ3n) is 6.30. The first-order chi connectivity index (χ1) is 17.0. The summed E-state index contributed by atoms with van der Waals surface area (Å²) in [6.45, 7) is 1.77. The highest BCUT2D eigenvalue weighted by Crippen LogP contribution is 2.39. The van der Waals surface area contributed by atoms with Crippen LogP contribution in [0.5, 0.6) is 5.75 Å². The minimum absolute atomic E-state index is 0.138. The van der Waals surface area contributed by atoms with Gasteiger partial charge in [-0.2, -0.15) is 0 Å². The molecular weight excluding hydrogens is 440 g/mol. The highest BCUT2D eigenvalue weighted by Gasteiger charge is 2.42. The molecule has 0 spiro atoms. The van der Waals surface area contributed by atoms with Gasteiger partial charge in [0.05, 0.1) is 17.0 Å². The Labute approximate surface area is 204 Å². The summed E-state index contributed by atoms with van der Waals surface area (Å²) in [5.74, 6) is 0.576. The first-order valence-corrected chi connectivity index (χ1v) is 11.8. The van der Waals surface area contributed by atoms with Crippen LogP contribution >= 0.6 is 0 Å². The molecule has 1 aliphatic rings. The third kappa shape index (κ3) is 4.57. The van der Waals surface area contributed by atoms with Gasteiger partial charge in [-0.3, -0.25) is 9.59 Å². The van der Waals surface area contributed by atoms with Gasteiger partial charge in [-0.15, -0.1) is 0 Å². The molecule has 6 heteroatoms. The molecule has 1 aliphatic heterocycles. The van der Waals surface area contributed by atoms with E-state index in [2.05, 4.69) is 4.90 Å². The van der Waals surface area contributed by atoms with E-state index in [1.807, 2.05) is 74.8 Å². The maximum atomic E-state index is 13.6. The number of para-hydroxylation sites is 1. The second kappa shape index (κ2) is 9.76. The Balaban J connectivity index is 1.54. The van der Waals surface area contributed by atoms with Gasteiger partial charge in [0.25, 0.3) is 5.91 Å². The van der Waals surface area contributed by atoms with Crippen molar-refractivity contribution in [3.63, 3.8) is 0 Å². The van der Waals surface area contributed by atoms with Crippen LogP contribution in [0.2, 0.25) is 0 Å². The first kappa shape index (κ1) is 22.9.